The highest BCUT2D eigenvalue weighted by Crippen LogP contribution is 2.41. The van der Waals surface area contributed by atoms with E-state index >= 15 is 0 Å². The molecule has 2 aromatic carbocycles. The molecule has 3 rings (SSSR count). The predicted octanol–water partition coefficient (Wildman–Crippen LogP) is 5.55. The number of benzene rings is 2. The van der Waals surface area contributed by atoms with E-state index in [-0.39, 0.29) is 5.91 Å². The molecular weight excluding hydrogens is 354 g/mol. The molecule has 4 nitrogen and oxygen atoms in total. The van der Waals surface area contributed by atoms with Gasteiger partial charge in [-0.15, -0.1) is 0 Å². The zero-order valence-electron chi connectivity index (χ0n) is 16.1. The van der Waals surface area contributed by atoms with Crippen molar-refractivity contribution in [2.45, 2.75) is 46.1 Å². The molecule has 5 heteroatoms. The van der Waals surface area contributed by atoms with Gasteiger partial charge in [-0.3, -0.25) is 9.69 Å². The van der Waals surface area contributed by atoms with Crippen molar-refractivity contribution < 1.29 is 4.79 Å². The fourth-order valence-electron chi connectivity index (χ4n) is 3.73. The van der Waals surface area contributed by atoms with Gasteiger partial charge in [0, 0.05) is 11.4 Å². The minimum atomic E-state index is -0.696. The Morgan fingerprint density at radius 1 is 1.04 bits per heavy atom. The van der Waals surface area contributed by atoms with Crippen LogP contribution in [0.1, 0.15) is 37.8 Å². The van der Waals surface area contributed by atoms with E-state index in [2.05, 4.69) is 4.85 Å². The van der Waals surface area contributed by atoms with E-state index in [4.69, 9.17) is 18.8 Å². The van der Waals surface area contributed by atoms with E-state index < -0.39 is 5.54 Å². The Bertz CT molecular complexity index is 939. The Hall–Kier alpha value is -2.71. The Labute approximate surface area is 166 Å². The standard InChI is InChI=1S/C22H23N3OS/c1-6-22(7-2)20(26)24(18-12-13-19(23-5)16(4)14-18)21(27)25(22)17-10-8-15(3)9-11-17/h8-14H,6-7H2,1-4H3. The monoisotopic (exact) mass is 377 g/mol. The molecule has 0 atom stereocenters. The van der Waals surface area contributed by atoms with Crippen molar-refractivity contribution in [2.24, 2.45) is 0 Å². The summed E-state index contributed by atoms with van der Waals surface area (Å²) >= 11 is 5.79. The van der Waals surface area contributed by atoms with E-state index in [1.54, 1.807) is 17.0 Å². The first-order chi connectivity index (χ1) is 12.9. The first-order valence-corrected chi connectivity index (χ1v) is 9.54. The van der Waals surface area contributed by atoms with Crippen LogP contribution < -0.4 is 9.80 Å². The highest BCUT2D eigenvalue weighted by molar-refractivity contribution is 7.81. The van der Waals surface area contributed by atoms with Gasteiger partial charge in [-0.05, 0) is 68.7 Å². The molecular formula is C22H23N3OS. The number of hydrogen-bond acceptors (Lipinski definition) is 2. The predicted molar refractivity (Wildman–Crippen MR) is 114 cm³/mol. The molecule has 2 aromatic rings. The van der Waals surface area contributed by atoms with Gasteiger partial charge in [0.1, 0.15) is 5.54 Å². The first-order valence-electron chi connectivity index (χ1n) is 9.13. The lowest BCUT2D eigenvalue weighted by molar-refractivity contribution is -0.121. The summed E-state index contributed by atoms with van der Waals surface area (Å²) < 4.78 is 0. The second-order valence-electron chi connectivity index (χ2n) is 6.92. The highest BCUT2D eigenvalue weighted by Gasteiger charge is 2.54. The average Bonchev–Trinajstić information content (AvgIpc) is 2.89. The molecule has 0 aromatic heterocycles. The topological polar surface area (TPSA) is 27.9 Å². The maximum Gasteiger partial charge on any atom is 0.259 e. The van der Waals surface area contributed by atoms with Gasteiger partial charge in [0.15, 0.2) is 10.8 Å². The van der Waals surface area contributed by atoms with Crippen LogP contribution in [0.5, 0.6) is 0 Å². The van der Waals surface area contributed by atoms with Gasteiger partial charge in [0.05, 0.1) is 6.57 Å². The van der Waals surface area contributed by atoms with Crippen molar-refractivity contribution >= 4 is 40.3 Å². The molecule has 0 unspecified atom stereocenters. The van der Waals surface area contributed by atoms with Crippen LogP contribution in [0, 0.1) is 20.4 Å². The van der Waals surface area contributed by atoms with Crippen LogP contribution in [0.15, 0.2) is 42.5 Å². The van der Waals surface area contributed by atoms with Gasteiger partial charge < -0.3 is 4.90 Å². The van der Waals surface area contributed by atoms with Crippen molar-refractivity contribution in [2.75, 3.05) is 9.80 Å². The summed E-state index contributed by atoms with van der Waals surface area (Å²) in [5.41, 5.74) is 3.54. The molecule has 0 spiro atoms. The van der Waals surface area contributed by atoms with Gasteiger partial charge >= 0.3 is 0 Å². The van der Waals surface area contributed by atoms with Gasteiger partial charge in [-0.25, -0.2) is 4.85 Å². The number of thiocarbonyl (C=S) groups is 1. The van der Waals surface area contributed by atoms with Gasteiger partial charge in [-0.2, -0.15) is 0 Å². The molecule has 0 bridgehead atoms. The summed E-state index contributed by atoms with van der Waals surface area (Å²) in [6.45, 7) is 15.2. The second kappa shape index (κ2) is 7.13. The molecule has 1 fully saturated rings. The van der Waals surface area contributed by atoms with Crippen molar-refractivity contribution in [1.82, 2.24) is 0 Å². The third-order valence-electron chi connectivity index (χ3n) is 5.43. The SMILES string of the molecule is [C-]#[N+]c1ccc(N2C(=O)C(CC)(CC)N(c3ccc(C)cc3)C2=S)cc1C. The number of carbonyl (C=O) groups is 1. The molecule has 0 aliphatic carbocycles. The third kappa shape index (κ3) is 2.90. The summed E-state index contributed by atoms with van der Waals surface area (Å²) in [6.07, 6.45) is 1.32. The lowest BCUT2D eigenvalue weighted by Gasteiger charge is -2.34. The van der Waals surface area contributed by atoms with Crippen LogP contribution >= 0.6 is 12.2 Å². The third-order valence-corrected chi connectivity index (χ3v) is 5.80. The van der Waals surface area contributed by atoms with Crippen LogP contribution in [0.2, 0.25) is 0 Å². The summed E-state index contributed by atoms with van der Waals surface area (Å²) in [7, 11) is 0. The van der Waals surface area contributed by atoms with Gasteiger partial charge in [-0.1, -0.05) is 37.6 Å². The number of nitrogens with zero attached hydrogens (tertiary/aromatic N) is 3. The maximum absolute atomic E-state index is 13.6. The summed E-state index contributed by atoms with van der Waals surface area (Å²) in [6, 6.07) is 13.5. The van der Waals surface area contributed by atoms with E-state index in [1.165, 1.54) is 0 Å². The zero-order valence-corrected chi connectivity index (χ0v) is 16.9. The van der Waals surface area contributed by atoms with Crippen LogP contribution in [0.4, 0.5) is 17.1 Å². The zero-order chi connectivity index (χ0) is 19.8. The molecule has 0 saturated carbocycles. The fourth-order valence-corrected chi connectivity index (χ4v) is 4.19. The molecule has 1 aliphatic heterocycles. The van der Waals surface area contributed by atoms with Crippen LogP contribution in [-0.2, 0) is 4.79 Å². The molecule has 1 saturated heterocycles. The summed E-state index contributed by atoms with van der Waals surface area (Å²) in [4.78, 5) is 20.7. The molecule has 0 radical (unpaired) electrons. The van der Waals surface area contributed by atoms with Gasteiger partial charge in [0.25, 0.3) is 5.91 Å². The van der Waals surface area contributed by atoms with E-state index in [0.717, 1.165) is 22.5 Å². The van der Waals surface area contributed by atoms with E-state index in [1.807, 2.05) is 62.9 Å². The van der Waals surface area contributed by atoms with Crippen LogP contribution in [0.3, 0.4) is 0 Å². The van der Waals surface area contributed by atoms with Crippen molar-refractivity contribution in [1.29, 1.82) is 0 Å². The van der Waals surface area contributed by atoms with Crippen molar-refractivity contribution in [3.05, 3.63) is 65.0 Å². The molecule has 27 heavy (non-hydrogen) atoms. The smallest absolute Gasteiger partial charge is 0.259 e. The minimum absolute atomic E-state index is 0.00645. The second-order valence-corrected chi connectivity index (χ2v) is 7.28. The number of aryl methyl sites for hydroxylation is 2. The molecule has 0 N–H and O–H groups in total. The highest BCUT2D eigenvalue weighted by atomic mass is 32.1. The number of amides is 1. The van der Waals surface area contributed by atoms with Crippen molar-refractivity contribution in [3.63, 3.8) is 0 Å². The molecule has 1 amide bonds. The van der Waals surface area contributed by atoms with Gasteiger partial charge in [0.2, 0.25) is 0 Å². The molecule has 1 heterocycles. The summed E-state index contributed by atoms with van der Waals surface area (Å²) in [5.74, 6) is -0.00645. The maximum atomic E-state index is 13.6. The Kier molecular flexibility index (Phi) is 5.03. The fraction of sp³-hybridized carbons (Fsp3) is 0.318. The molecule has 138 valence electrons. The largest absolute Gasteiger partial charge is 0.303 e. The van der Waals surface area contributed by atoms with E-state index in [0.29, 0.717) is 23.6 Å². The quantitative estimate of drug-likeness (QED) is 0.516. The Morgan fingerprint density at radius 3 is 2.15 bits per heavy atom. The number of hydrogen-bond donors (Lipinski definition) is 0. The first kappa shape index (κ1) is 19.1. The van der Waals surface area contributed by atoms with Crippen LogP contribution in [0.25, 0.3) is 4.85 Å². The number of carbonyl (C=O) groups excluding carboxylic acids is 1. The van der Waals surface area contributed by atoms with Crippen LogP contribution in [-0.4, -0.2) is 16.6 Å². The number of rotatable bonds is 4. The average molecular weight is 378 g/mol. The Balaban J connectivity index is 2.14. The van der Waals surface area contributed by atoms with Crippen molar-refractivity contribution in [3.8, 4) is 0 Å². The normalized spacial score (nSPS) is 16.0. The van der Waals surface area contributed by atoms with E-state index in [9.17, 15) is 4.79 Å². The minimum Gasteiger partial charge on any atom is -0.303 e. The molecule has 1 aliphatic rings. The summed E-state index contributed by atoms with van der Waals surface area (Å²) in [5, 5.41) is 0.488. The lowest BCUT2D eigenvalue weighted by atomic mass is 9.90. The lowest BCUT2D eigenvalue weighted by Crippen LogP contribution is -2.49. The number of anilines is 2. The Morgan fingerprint density at radius 2 is 1.63 bits per heavy atom.